The third-order valence-electron chi connectivity index (χ3n) is 2.30. The summed E-state index contributed by atoms with van der Waals surface area (Å²) in [4.78, 5) is 11.9. The first kappa shape index (κ1) is 10.2. The van der Waals surface area contributed by atoms with Crippen molar-refractivity contribution in [2.24, 2.45) is 0 Å². The SMILES string of the molecule is CN(c1ccc([N+](=O)[O-])cc1)c1ccn[nH]1. The first-order chi connectivity index (χ1) is 7.68. The van der Waals surface area contributed by atoms with Crippen molar-refractivity contribution in [3.63, 3.8) is 0 Å². The second-order valence-electron chi connectivity index (χ2n) is 3.27. The van der Waals surface area contributed by atoms with Crippen molar-refractivity contribution in [1.29, 1.82) is 0 Å². The van der Waals surface area contributed by atoms with Gasteiger partial charge in [-0.1, -0.05) is 0 Å². The van der Waals surface area contributed by atoms with E-state index in [0.29, 0.717) is 0 Å². The summed E-state index contributed by atoms with van der Waals surface area (Å²) >= 11 is 0. The molecule has 6 heteroatoms. The van der Waals surface area contributed by atoms with Crippen LogP contribution >= 0.6 is 0 Å². The number of nitrogens with zero attached hydrogens (tertiary/aromatic N) is 3. The zero-order chi connectivity index (χ0) is 11.5. The van der Waals surface area contributed by atoms with Gasteiger partial charge in [0.1, 0.15) is 5.82 Å². The van der Waals surface area contributed by atoms with E-state index in [9.17, 15) is 10.1 Å². The number of aromatic amines is 1. The number of nitro benzene ring substituents is 1. The van der Waals surface area contributed by atoms with Crippen molar-refractivity contribution in [1.82, 2.24) is 10.2 Å². The standard InChI is InChI=1S/C10H10N4O2/c1-13(10-6-7-11-12-10)8-2-4-9(5-3-8)14(15)16/h2-7H,1H3,(H,11,12). The highest BCUT2D eigenvalue weighted by atomic mass is 16.6. The van der Waals surface area contributed by atoms with Crippen LogP contribution in [0.5, 0.6) is 0 Å². The summed E-state index contributed by atoms with van der Waals surface area (Å²) in [6, 6.07) is 8.16. The number of rotatable bonds is 3. The number of nitrogens with one attached hydrogen (secondary N) is 1. The van der Waals surface area contributed by atoms with E-state index in [1.807, 2.05) is 18.0 Å². The maximum Gasteiger partial charge on any atom is 0.269 e. The molecule has 0 unspecified atom stereocenters. The highest BCUT2D eigenvalue weighted by Gasteiger charge is 2.08. The van der Waals surface area contributed by atoms with Crippen LogP contribution in [0.15, 0.2) is 36.5 Å². The number of hydrogen-bond acceptors (Lipinski definition) is 4. The van der Waals surface area contributed by atoms with Crippen LogP contribution in [0.25, 0.3) is 0 Å². The number of anilines is 2. The topological polar surface area (TPSA) is 75.1 Å². The van der Waals surface area contributed by atoms with Gasteiger partial charge in [0.2, 0.25) is 0 Å². The second kappa shape index (κ2) is 4.01. The molecule has 0 amide bonds. The fourth-order valence-corrected chi connectivity index (χ4v) is 1.37. The van der Waals surface area contributed by atoms with Crippen LogP contribution in [0.1, 0.15) is 0 Å². The number of non-ortho nitro benzene ring substituents is 1. The molecule has 1 aromatic heterocycles. The number of hydrogen-bond donors (Lipinski definition) is 1. The number of H-pyrrole nitrogens is 1. The van der Waals surface area contributed by atoms with Crippen LogP contribution in [0.4, 0.5) is 17.2 Å². The normalized spacial score (nSPS) is 10.1. The van der Waals surface area contributed by atoms with E-state index in [1.165, 1.54) is 12.1 Å². The highest BCUT2D eigenvalue weighted by Crippen LogP contribution is 2.23. The number of aromatic nitrogens is 2. The Bertz CT molecular complexity index is 478. The second-order valence-corrected chi connectivity index (χ2v) is 3.27. The summed E-state index contributed by atoms with van der Waals surface area (Å²) < 4.78 is 0. The minimum atomic E-state index is -0.417. The predicted molar refractivity (Wildman–Crippen MR) is 59.7 cm³/mol. The maximum atomic E-state index is 10.5. The first-order valence-electron chi connectivity index (χ1n) is 4.66. The molecule has 1 aromatic carbocycles. The molecule has 0 saturated carbocycles. The van der Waals surface area contributed by atoms with Gasteiger partial charge in [-0.25, -0.2) is 0 Å². The molecule has 0 saturated heterocycles. The molecule has 2 aromatic rings. The van der Waals surface area contributed by atoms with Crippen molar-refractivity contribution in [2.75, 3.05) is 11.9 Å². The van der Waals surface area contributed by atoms with E-state index in [2.05, 4.69) is 10.2 Å². The molecule has 16 heavy (non-hydrogen) atoms. The lowest BCUT2D eigenvalue weighted by atomic mass is 10.2. The van der Waals surface area contributed by atoms with Gasteiger partial charge in [-0.2, -0.15) is 5.10 Å². The van der Waals surface area contributed by atoms with Crippen molar-refractivity contribution in [3.8, 4) is 0 Å². The molecular formula is C10H10N4O2. The van der Waals surface area contributed by atoms with E-state index in [-0.39, 0.29) is 5.69 Å². The van der Waals surface area contributed by atoms with Gasteiger partial charge < -0.3 is 4.90 Å². The van der Waals surface area contributed by atoms with E-state index < -0.39 is 4.92 Å². The van der Waals surface area contributed by atoms with Gasteiger partial charge >= 0.3 is 0 Å². The molecule has 0 atom stereocenters. The van der Waals surface area contributed by atoms with E-state index in [4.69, 9.17) is 0 Å². The van der Waals surface area contributed by atoms with Crippen molar-refractivity contribution >= 4 is 17.2 Å². The van der Waals surface area contributed by atoms with Gasteiger partial charge in [0.15, 0.2) is 0 Å². The third-order valence-corrected chi connectivity index (χ3v) is 2.30. The van der Waals surface area contributed by atoms with Crippen LogP contribution in [-0.4, -0.2) is 22.2 Å². The van der Waals surface area contributed by atoms with Crippen LogP contribution < -0.4 is 4.90 Å². The van der Waals surface area contributed by atoms with Gasteiger partial charge in [-0.05, 0) is 12.1 Å². The molecule has 0 bridgehead atoms. The molecule has 0 aliphatic heterocycles. The molecule has 6 nitrogen and oxygen atoms in total. The molecule has 2 rings (SSSR count). The van der Waals surface area contributed by atoms with Crippen molar-refractivity contribution < 1.29 is 4.92 Å². The summed E-state index contributed by atoms with van der Waals surface area (Å²) in [7, 11) is 1.86. The Hall–Kier alpha value is -2.37. The van der Waals surface area contributed by atoms with Gasteiger partial charge in [-0.15, -0.1) is 0 Å². The fourth-order valence-electron chi connectivity index (χ4n) is 1.37. The lowest BCUT2D eigenvalue weighted by Crippen LogP contribution is -2.09. The van der Waals surface area contributed by atoms with Gasteiger partial charge in [0.25, 0.3) is 5.69 Å². The molecule has 1 heterocycles. The molecule has 0 fully saturated rings. The minimum Gasteiger partial charge on any atom is -0.330 e. The van der Waals surface area contributed by atoms with E-state index in [0.717, 1.165) is 11.5 Å². The van der Waals surface area contributed by atoms with Crippen LogP contribution in [0, 0.1) is 10.1 Å². The molecule has 1 N–H and O–H groups in total. The Kier molecular flexibility index (Phi) is 2.55. The number of nitro groups is 1. The summed E-state index contributed by atoms with van der Waals surface area (Å²) in [5, 5.41) is 17.1. The predicted octanol–water partition coefficient (Wildman–Crippen LogP) is 2.09. The third kappa shape index (κ3) is 1.85. The van der Waals surface area contributed by atoms with Gasteiger partial charge in [0.05, 0.1) is 11.1 Å². The molecule has 0 spiro atoms. The zero-order valence-electron chi connectivity index (χ0n) is 8.62. The van der Waals surface area contributed by atoms with Crippen LogP contribution in [0.2, 0.25) is 0 Å². The Morgan fingerprint density at radius 1 is 1.31 bits per heavy atom. The van der Waals surface area contributed by atoms with Gasteiger partial charge in [-0.3, -0.25) is 15.2 Å². The smallest absolute Gasteiger partial charge is 0.269 e. The number of benzene rings is 1. The van der Waals surface area contributed by atoms with Gasteiger partial charge in [0, 0.05) is 30.9 Å². The lowest BCUT2D eigenvalue weighted by molar-refractivity contribution is -0.384. The van der Waals surface area contributed by atoms with Crippen LogP contribution in [0.3, 0.4) is 0 Å². The molecular weight excluding hydrogens is 208 g/mol. The van der Waals surface area contributed by atoms with Crippen molar-refractivity contribution in [2.45, 2.75) is 0 Å². The van der Waals surface area contributed by atoms with E-state index >= 15 is 0 Å². The van der Waals surface area contributed by atoms with E-state index in [1.54, 1.807) is 18.3 Å². The molecule has 82 valence electrons. The lowest BCUT2D eigenvalue weighted by Gasteiger charge is -2.16. The summed E-state index contributed by atoms with van der Waals surface area (Å²) in [6.07, 6.45) is 1.65. The largest absolute Gasteiger partial charge is 0.330 e. The Morgan fingerprint density at radius 2 is 2.00 bits per heavy atom. The Labute approximate surface area is 91.7 Å². The van der Waals surface area contributed by atoms with Crippen LogP contribution in [-0.2, 0) is 0 Å². The minimum absolute atomic E-state index is 0.0850. The highest BCUT2D eigenvalue weighted by molar-refractivity contribution is 5.60. The average Bonchev–Trinajstić information content (AvgIpc) is 2.81. The summed E-state index contributed by atoms with van der Waals surface area (Å²) in [5.74, 6) is 0.828. The quantitative estimate of drug-likeness (QED) is 0.632. The Morgan fingerprint density at radius 3 is 2.50 bits per heavy atom. The first-order valence-corrected chi connectivity index (χ1v) is 4.66. The molecule has 0 aliphatic carbocycles. The average molecular weight is 218 g/mol. The fraction of sp³-hybridized carbons (Fsp3) is 0.100. The molecule has 0 aliphatic rings. The zero-order valence-corrected chi connectivity index (χ0v) is 8.62. The Balaban J connectivity index is 2.25. The monoisotopic (exact) mass is 218 g/mol. The maximum absolute atomic E-state index is 10.5. The molecule has 0 radical (unpaired) electrons. The van der Waals surface area contributed by atoms with Crippen molar-refractivity contribution in [3.05, 3.63) is 46.6 Å². The summed E-state index contributed by atoms with van der Waals surface area (Å²) in [6.45, 7) is 0. The summed E-state index contributed by atoms with van der Waals surface area (Å²) in [5.41, 5.74) is 0.941.